The number of carbonyl (C=O) groups excluding carboxylic acids is 2. The second kappa shape index (κ2) is 20.0. The maximum absolute atomic E-state index is 12.6. The number of aliphatic hydroxyl groups is 4. The number of amides is 2. The number of alkyl carbamates (subject to hydrolysis) is 1. The fourth-order valence-corrected chi connectivity index (χ4v) is 4.61. The Labute approximate surface area is 253 Å². The molecule has 0 spiro atoms. The van der Waals surface area contributed by atoms with Crippen molar-refractivity contribution < 1.29 is 63.6 Å². The zero-order valence-corrected chi connectivity index (χ0v) is 25.9. The second-order valence-electron chi connectivity index (χ2n) is 11.4. The van der Waals surface area contributed by atoms with Crippen LogP contribution in [0.5, 0.6) is 0 Å². The van der Waals surface area contributed by atoms with E-state index in [9.17, 15) is 39.9 Å². The summed E-state index contributed by atoms with van der Waals surface area (Å²) in [6.07, 6.45) is -6.26. The van der Waals surface area contributed by atoms with Crippen molar-refractivity contribution in [2.75, 3.05) is 53.3 Å². The van der Waals surface area contributed by atoms with Crippen LogP contribution in [-0.4, -0.2) is 133 Å². The number of carboxylic acids is 1. The van der Waals surface area contributed by atoms with Crippen LogP contribution < -0.4 is 10.6 Å². The lowest BCUT2D eigenvalue weighted by molar-refractivity contribution is -0.311. The van der Waals surface area contributed by atoms with E-state index in [0.717, 1.165) is 12.8 Å². The second-order valence-corrected chi connectivity index (χ2v) is 11.4. The van der Waals surface area contributed by atoms with E-state index in [2.05, 4.69) is 38.3 Å². The third kappa shape index (κ3) is 13.6. The molecule has 8 atom stereocenters. The number of carbonyl (C=O) groups is 3. The van der Waals surface area contributed by atoms with Crippen LogP contribution >= 0.6 is 0 Å². The third-order valence-corrected chi connectivity index (χ3v) is 7.52. The Morgan fingerprint density at radius 2 is 1.72 bits per heavy atom. The summed E-state index contributed by atoms with van der Waals surface area (Å²) >= 11 is 0. The first-order chi connectivity index (χ1) is 20.3. The molecule has 0 aromatic carbocycles. The van der Waals surface area contributed by atoms with Crippen molar-refractivity contribution in [1.29, 1.82) is 0 Å². The maximum Gasteiger partial charge on any atom is 0.407 e. The molecule has 1 rings (SSSR count). The van der Waals surface area contributed by atoms with Crippen molar-refractivity contribution in [2.45, 2.75) is 89.6 Å². The molecule has 1 aliphatic heterocycles. The molecule has 1 heterocycles. The topological polar surface area (TPSA) is 223 Å². The number of nitrogens with one attached hydrogen (secondary N) is 2. The molecule has 2 amide bonds. The van der Waals surface area contributed by atoms with Crippen LogP contribution in [0.3, 0.4) is 0 Å². The van der Waals surface area contributed by atoms with Crippen LogP contribution in [0.4, 0.5) is 4.79 Å². The van der Waals surface area contributed by atoms with Crippen molar-refractivity contribution in [1.82, 2.24) is 10.6 Å². The summed E-state index contributed by atoms with van der Waals surface area (Å²) in [5.41, 5.74) is 0. The van der Waals surface area contributed by atoms with Crippen molar-refractivity contribution >= 4 is 18.0 Å². The molecule has 0 saturated carbocycles. The van der Waals surface area contributed by atoms with Gasteiger partial charge in [-0.3, -0.25) is 4.79 Å². The van der Waals surface area contributed by atoms with Gasteiger partial charge in [0, 0.05) is 13.5 Å². The molecule has 0 aliphatic carbocycles. The lowest BCUT2D eigenvalue weighted by Gasteiger charge is -2.46. The number of aliphatic hydroxyl groups excluding tert-OH is 4. The van der Waals surface area contributed by atoms with Crippen LogP contribution in [0.25, 0.3) is 0 Å². The predicted molar refractivity (Wildman–Crippen MR) is 152 cm³/mol. The average Bonchev–Trinajstić information content (AvgIpc) is 2.96. The predicted octanol–water partition coefficient (Wildman–Crippen LogP) is -0.380. The van der Waals surface area contributed by atoms with E-state index in [0.29, 0.717) is 37.4 Å². The number of carboxylic acid groups (broad SMARTS) is 1. The van der Waals surface area contributed by atoms with E-state index in [1.165, 1.54) is 7.11 Å². The molecule has 8 unspecified atom stereocenters. The molecule has 43 heavy (non-hydrogen) atoms. The Morgan fingerprint density at radius 1 is 1.05 bits per heavy atom. The molecule has 15 nitrogen and oxygen atoms in total. The number of hydrogen-bond donors (Lipinski definition) is 7. The minimum absolute atomic E-state index is 0.0226. The van der Waals surface area contributed by atoms with Gasteiger partial charge in [0.2, 0.25) is 5.91 Å². The number of ether oxygens (including phenoxy) is 5. The van der Waals surface area contributed by atoms with Crippen LogP contribution in [0.2, 0.25) is 0 Å². The SMILES string of the molecule is COCCOCCOC(=O)NCC(=O)NC1C(O)CC(OCCCC(C)CC(C)C(C)C)(C(=O)O)OC1C(O)C(O)CO. The highest BCUT2D eigenvalue weighted by Crippen LogP contribution is 2.34. The lowest BCUT2D eigenvalue weighted by atomic mass is 9.87. The van der Waals surface area contributed by atoms with Gasteiger partial charge >= 0.3 is 12.1 Å². The van der Waals surface area contributed by atoms with E-state index in [1.807, 2.05) is 0 Å². The summed E-state index contributed by atoms with van der Waals surface area (Å²) in [5.74, 6) is -3.35. The zero-order chi connectivity index (χ0) is 32.6. The van der Waals surface area contributed by atoms with Gasteiger partial charge in [0.25, 0.3) is 5.79 Å². The van der Waals surface area contributed by atoms with Gasteiger partial charge in [-0.05, 0) is 37.0 Å². The fraction of sp³-hybridized carbons (Fsp3) is 0.893. The van der Waals surface area contributed by atoms with Crippen LogP contribution in [0.1, 0.15) is 53.4 Å². The van der Waals surface area contributed by atoms with Crippen molar-refractivity contribution in [3.8, 4) is 0 Å². The van der Waals surface area contributed by atoms with Crippen LogP contribution in [-0.2, 0) is 33.3 Å². The van der Waals surface area contributed by atoms with Gasteiger partial charge < -0.3 is 59.9 Å². The van der Waals surface area contributed by atoms with Gasteiger partial charge in [-0.1, -0.05) is 27.7 Å². The molecule has 0 radical (unpaired) electrons. The number of aliphatic carboxylic acids is 1. The van der Waals surface area contributed by atoms with Crippen molar-refractivity contribution in [3.63, 3.8) is 0 Å². The van der Waals surface area contributed by atoms with Crippen molar-refractivity contribution in [3.05, 3.63) is 0 Å². The van der Waals surface area contributed by atoms with E-state index < -0.39 is 73.8 Å². The van der Waals surface area contributed by atoms with Gasteiger partial charge in [-0.2, -0.15) is 0 Å². The van der Waals surface area contributed by atoms with E-state index in [1.54, 1.807) is 0 Å². The molecule has 15 heteroatoms. The first kappa shape index (κ1) is 38.9. The highest BCUT2D eigenvalue weighted by Gasteiger charge is 2.55. The fourth-order valence-electron chi connectivity index (χ4n) is 4.61. The monoisotopic (exact) mass is 624 g/mol. The summed E-state index contributed by atoms with van der Waals surface area (Å²) in [7, 11) is 1.52. The highest BCUT2D eigenvalue weighted by molar-refractivity contribution is 5.82. The Balaban J connectivity index is 2.82. The van der Waals surface area contributed by atoms with E-state index in [-0.39, 0.29) is 19.8 Å². The molecule has 1 saturated heterocycles. The standard InChI is InChI=1S/C28H52N2O13/c1-17(2)19(4)13-18(3)7-6-8-42-28(26(36)37)14-20(32)23(25(43-28)24(35)21(33)16-31)30-22(34)15-29-27(38)41-12-11-40-10-9-39-5/h17-21,23-25,31-33,35H,6-16H2,1-5H3,(H,29,38)(H,30,34)(H,36,37). The third-order valence-electron chi connectivity index (χ3n) is 7.52. The smallest absolute Gasteiger partial charge is 0.407 e. The molecule has 252 valence electrons. The molecule has 1 aliphatic rings. The highest BCUT2D eigenvalue weighted by atomic mass is 16.7. The molecule has 0 bridgehead atoms. The minimum Gasteiger partial charge on any atom is -0.477 e. The van der Waals surface area contributed by atoms with Gasteiger partial charge in [0.05, 0.1) is 45.2 Å². The number of hydrogen-bond acceptors (Lipinski definition) is 12. The molecular weight excluding hydrogens is 572 g/mol. The van der Waals surface area contributed by atoms with E-state index in [4.69, 9.17) is 23.7 Å². The summed E-state index contributed by atoms with van der Waals surface area (Å²) < 4.78 is 26.2. The summed E-state index contributed by atoms with van der Waals surface area (Å²) in [5, 5.41) is 55.7. The Bertz CT molecular complexity index is 832. The molecule has 0 aromatic rings. The molecular formula is C28H52N2O13. The number of rotatable bonds is 21. The zero-order valence-electron chi connectivity index (χ0n) is 25.9. The van der Waals surface area contributed by atoms with Gasteiger partial charge in [-0.15, -0.1) is 0 Å². The minimum atomic E-state index is -2.39. The van der Waals surface area contributed by atoms with Crippen molar-refractivity contribution in [2.24, 2.45) is 17.8 Å². The Hall–Kier alpha value is -2.11. The largest absolute Gasteiger partial charge is 0.477 e. The Kier molecular flexibility index (Phi) is 18.1. The molecule has 1 fully saturated rings. The van der Waals surface area contributed by atoms with Gasteiger partial charge in [0.1, 0.15) is 31.5 Å². The van der Waals surface area contributed by atoms with Crippen LogP contribution in [0.15, 0.2) is 0 Å². The van der Waals surface area contributed by atoms with Gasteiger partial charge in [-0.25, -0.2) is 9.59 Å². The summed E-state index contributed by atoms with van der Waals surface area (Å²) in [4.78, 5) is 36.8. The number of methoxy groups -OCH3 is 1. The quantitative estimate of drug-likeness (QED) is 0.0810. The molecule has 0 aromatic heterocycles. The Morgan fingerprint density at radius 3 is 2.33 bits per heavy atom. The normalized spacial score (nSPS) is 25.0. The maximum atomic E-state index is 12.6. The lowest BCUT2D eigenvalue weighted by Crippen LogP contribution is -2.68. The van der Waals surface area contributed by atoms with Gasteiger partial charge in [0.15, 0.2) is 0 Å². The molecule has 7 N–H and O–H groups in total. The summed E-state index contributed by atoms with van der Waals surface area (Å²) in [6, 6.07) is -1.43. The first-order valence-corrected chi connectivity index (χ1v) is 14.7. The van der Waals surface area contributed by atoms with E-state index >= 15 is 0 Å². The average molecular weight is 625 g/mol. The first-order valence-electron chi connectivity index (χ1n) is 14.7. The summed E-state index contributed by atoms with van der Waals surface area (Å²) in [6.45, 7) is 7.82. The van der Waals surface area contributed by atoms with Crippen LogP contribution in [0, 0.1) is 17.8 Å².